The number of nitrogens with two attached hydrogens (primary N) is 2. The van der Waals surface area contributed by atoms with Crippen molar-refractivity contribution in [3.63, 3.8) is 0 Å². The molecule has 0 aromatic heterocycles. The lowest BCUT2D eigenvalue weighted by Crippen LogP contribution is -2.59. The van der Waals surface area contributed by atoms with Crippen LogP contribution in [0.2, 0.25) is 0 Å². The third-order valence-corrected chi connectivity index (χ3v) is 9.42. The summed E-state index contributed by atoms with van der Waals surface area (Å²) in [5.41, 5.74) is 11.5. The van der Waals surface area contributed by atoms with Crippen LogP contribution in [-0.4, -0.2) is 124 Å². The van der Waals surface area contributed by atoms with Crippen molar-refractivity contribution in [2.24, 2.45) is 23.3 Å². The summed E-state index contributed by atoms with van der Waals surface area (Å²) >= 11 is 0. The molecule has 17 heteroatoms. The van der Waals surface area contributed by atoms with Gasteiger partial charge in [-0.1, -0.05) is 46.2 Å². The topological polar surface area (TPSA) is 276 Å². The molecule has 6 amide bonds. The van der Waals surface area contributed by atoms with Crippen molar-refractivity contribution in [1.82, 2.24) is 26.2 Å². The van der Waals surface area contributed by atoms with Gasteiger partial charge in [-0.25, -0.2) is 0 Å². The Labute approximate surface area is 297 Å². The van der Waals surface area contributed by atoms with Crippen LogP contribution < -0.4 is 37.5 Å². The quantitative estimate of drug-likeness (QED) is 0.100. The zero-order valence-electron chi connectivity index (χ0n) is 29.5. The molecule has 2 bridgehead atoms. The molecule has 51 heavy (non-hydrogen) atoms. The van der Waals surface area contributed by atoms with Gasteiger partial charge in [0.2, 0.25) is 29.5 Å². The number of ether oxygens (including phenoxy) is 1. The molecule has 284 valence electrons. The van der Waals surface area contributed by atoms with E-state index in [4.69, 9.17) is 16.2 Å². The fourth-order valence-corrected chi connectivity index (χ4v) is 6.13. The van der Waals surface area contributed by atoms with Crippen LogP contribution >= 0.6 is 0 Å². The molecule has 3 aliphatic heterocycles. The molecule has 1 aromatic rings. The highest BCUT2D eigenvalue weighted by Crippen LogP contribution is 2.21. The number of hydrogen-bond acceptors (Lipinski definition) is 11. The molecule has 0 radical (unpaired) electrons. The highest BCUT2D eigenvalue weighted by Gasteiger charge is 2.38. The fourth-order valence-electron chi connectivity index (χ4n) is 6.13. The van der Waals surface area contributed by atoms with Crippen molar-refractivity contribution in [1.29, 1.82) is 0 Å². The molecule has 3 aliphatic rings. The van der Waals surface area contributed by atoms with Crippen molar-refractivity contribution in [3.8, 4) is 5.75 Å². The van der Waals surface area contributed by atoms with Crippen molar-refractivity contribution >= 4 is 35.4 Å². The molecule has 9 atom stereocenters. The Morgan fingerprint density at radius 1 is 1.00 bits per heavy atom. The number of rotatable bonds is 13. The van der Waals surface area contributed by atoms with Gasteiger partial charge in [-0.2, -0.15) is 0 Å². The minimum Gasteiger partial charge on any atom is -0.491 e. The summed E-state index contributed by atoms with van der Waals surface area (Å²) in [6, 6.07) is 1.40. The first-order chi connectivity index (χ1) is 24.0. The number of nitrogens with zero attached hydrogens (tertiary/aromatic N) is 1. The van der Waals surface area contributed by atoms with Gasteiger partial charge < -0.3 is 52.8 Å². The Balaban J connectivity index is 1.83. The summed E-state index contributed by atoms with van der Waals surface area (Å²) in [6.07, 6.45) is -3.87. The minimum absolute atomic E-state index is 0.0702. The van der Waals surface area contributed by atoms with E-state index >= 15 is 0 Å². The molecule has 3 heterocycles. The zero-order chi connectivity index (χ0) is 38.0. The number of aliphatic hydroxyl groups is 3. The van der Waals surface area contributed by atoms with Gasteiger partial charge in [0.15, 0.2) is 6.10 Å². The maximum absolute atomic E-state index is 13.7. The van der Waals surface area contributed by atoms with Gasteiger partial charge >= 0.3 is 0 Å². The largest absolute Gasteiger partial charge is 0.491 e. The summed E-state index contributed by atoms with van der Waals surface area (Å²) < 4.78 is 5.49. The molecule has 17 nitrogen and oxygen atoms in total. The predicted octanol–water partition coefficient (Wildman–Crippen LogP) is -2.83. The predicted molar refractivity (Wildman–Crippen MR) is 183 cm³/mol. The average Bonchev–Trinajstić information content (AvgIpc) is 3.54. The van der Waals surface area contributed by atoms with Crippen molar-refractivity contribution in [3.05, 3.63) is 29.8 Å². The summed E-state index contributed by atoms with van der Waals surface area (Å²) in [5.74, 6) is -4.82. The lowest BCUT2D eigenvalue weighted by Gasteiger charge is -2.33. The molecule has 1 fully saturated rings. The Bertz CT molecular complexity index is 1390. The van der Waals surface area contributed by atoms with Crippen LogP contribution in [0.4, 0.5) is 0 Å². The molecule has 1 aromatic carbocycles. The summed E-state index contributed by atoms with van der Waals surface area (Å²) in [7, 11) is 0. The standard InChI is InChI=1S/C34H53N7O10/c1-5-18(4)28(33(49)39-27(17(2)3)30(36)46)40-32(48)23-7-6-12-41(23)15-24(42)21-13-19-8-10-20(11-9-19)51-16-25(43)29(45)34(50)38-22(14-26(35)44)31(47)37-21/h8-11,17-18,21-25,27-29,42-43,45H,5-7,12-16H2,1-4H3,(H2,35,44)(H2,36,46)(H,37,47)(H,38,50)(H,39,49)(H,40,48)/t18-,21-,22-,23-,24-,25?,27-,28-,29?/m0/s1. The SMILES string of the molecule is CC[C@H](C)[C@H](NC(=O)[C@@H]1CCCN1C[C@H](O)[C@@H]1Cc2ccc(cc2)OCC(O)C(O)C(=O)N[C@@H](CC(N)=O)C(=O)N1)C(=O)N[C@H](C(N)=O)C(C)C. The maximum Gasteiger partial charge on any atom is 0.252 e. The van der Waals surface area contributed by atoms with Crippen LogP contribution in [0.3, 0.4) is 0 Å². The van der Waals surface area contributed by atoms with Crippen LogP contribution in [0, 0.1) is 11.8 Å². The van der Waals surface area contributed by atoms with E-state index in [1.165, 1.54) is 0 Å². The van der Waals surface area contributed by atoms with Crippen molar-refractivity contribution in [2.45, 2.75) is 108 Å². The first kappa shape index (κ1) is 41.1. The van der Waals surface area contributed by atoms with Crippen LogP contribution in [-0.2, 0) is 35.2 Å². The van der Waals surface area contributed by atoms with Gasteiger partial charge in [0.1, 0.15) is 36.6 Å². The van der Waals surface area contributed by atoms with E-state index in [2.05, 4.69) is 21.3 Å². The van der Waals surface area contributed by atoms with E-state index in [1.807, 2.05) is 13.8 Å². The maximum atomic E-state index is 13.7. The number of carbonyl (C=O) groups is 6. The molecule has 4 rings (SSSR count). The first-order valence-electron chi connectivity index (χ1n) is 17.3. The third kappa shape index (κ3) is 11.6. The van der Waals surface area contributed by atoms with E-state index in [0.29, 0.717) is 37.1 Å². The number of β-amino-alcohol motifs (C(OH)–C–C–N with tert-alkyl or cyclic N) is 1. The van der Waals surface area contributed by atoms with Crippen LogP contribution in [0.25, 0.3) is 0 Å². The van der Waals surface area contributed by atoms with E-state index in [1.54, 1.807) is 43.0 Å². The van der Waals surface area contributed by atoms with E-state index < -0.39 is 97.0 Å². The minimum atomic E-state index is -2.00. The Kier molecular flexibility index (Phi) is 15.1. The van der Waals surface area contributed by atoms with E-state index in [-0.39, 0.29) is 24.8 Å². The number of amides is 6. The number of hydrogen-bond donors (Lipinski definition) is 9. The van der Waals surface area contributed by atoms with Gasteiger partial charge in [0.05, 0.1) is 24.6 Å². The molecular weight excluding hydrogens is 666 g/mol. The van der Waals surface area contributed by atoms with E-state index in [0.717, 1.165) is 0 Å². The molecular formula is C34H53N7O10. The Morgan fingerprint density at radius 3 is 2.25 bits per heavy atom. The van der Waals surface area contributed by atoms with E-state index in [9.17, 15) is 44.1 Å². The second-order valence-corrected chi connectivity index (χ2v) is 13.7. The van der Waals surface area contributed by atoms with Crippen LogP contribution in [0.5, 0.6) is 5.75 Å². The Morgan fingerprint density at radius 2 is 1.67 bits per heavy atom. The molecule has 0 spiro atoms. The Hall–Kier alpha value is -4.32. The first-order valence-corrected chi connectivity index (χ1v) is 17.3. The van der Waals surface area contributed by atoms with Gasteiger partial charge in [-0.15, -0.1) is 0 Å². The second kappa shape index (κ2) is 18.8. The van der Waals surface area contributed by atoms with Crippen molar-refractivity contribution in [2.75, 3.05) is 19.7 Å². The monoisotopic (exact) mass is 719 g/mol. The summed E-state index contributed by atoms with van der Waals surface area (Å²) in [4.78, 5) is 78.7. The lowest BCUT2D eigenvalue weighted by molar-refractivity contribution is -0.140. The molecule has 1 saturated heterocycles. The van der Waals surface area contributed by atoms with Crippen molar-refractivity contribution < 1.29 is 48.8 Å². The number of benzene rings is 1. The number of carbonyl (C=O) groups excluding carboxylic acids is 6. The van der Waals surface area contributed by atoms with Gasteiger partial charge in [0, 0.05) is 6.54 Å². The zero-order valence-corrected chi connectivity index (χ0v) is 29.5. The number of likely N-dealkylation sites (tertiary alicyclic amines) is 1. The summed E-state index contributed by atoms with van der Waals surface area (Å²) in [5, 5.41) is 42.6. The van der Waals surface area contributed by atoms with Gasteiger partial charge in [0.25, 0.3) is 5.91 Å². The average molecular weight is 720 g/mol. The number of aliphatic hydroxyl groups excluding tert-OH is 3. The number of nitrogens with one attached hydrogen (secondary N) is 4. The second-order valence-electron chi connectivity index (χ2n) is 13.7. The fraction of sp³-hybridized carbons (Fsp3) is 0.647. The smallest absolute Gasteiger partial charge is 0.252 e. The van der Waals surface area contributed by atoms with Crippen LogP contribution in [0.1, 0.15) is 58.9 Å². The normalized spacial score (nSPS) is 25.6. The third-order valence-electron chi connectivity index (χ3n) is 9.42. The summed E-state index contributed by atoms with van der Waals surface area (Å²) in [6.45, 7) is 7.09. The number of primary amides is 2. The lowest BCUT2D eigenvalue weighted by atomic mass is 9.96. The molecule has 0 aliphatic carbocycles. The van der Waals surface area contributed by atoms with Gasteiger partial charge in [-0.05, 0) is 55.3 Å². The van der Waals surface area contributed by atoms with Gasteiger partial charge in [-0.3, -0.25) is 33.7 Å². The number of fused-ring (bicyclic) bond motifs is 12. The molecule has 11 N–H and O–H groups in total. The highest BCUT2D eigenvalue weighted by molar-refractivity contribution is 5.94. The van der Waals surface area contributed by atoms with Crippen LogP contribution in [0.15, 0.2) is 24.3 Å². The molecule has 0 saturated carbocycles. The highest BCUT2D eigenvalue weighted by atomic mass is 16.5. The molecule has 2 unspecified atom stereocenters.